The number of sulfonamides is 1. The van der Waals surface area contributed by atoms with Crippen molar-refractivity contribution in [2.24, 2.45) is 0 Å². The average molecular weight is 555 g/mol. The molecule has 0 radical (unpaired) electrons. The molecule has 6 nitrogen and oxygen atoms in total. The van der Waals surface area contributed by atoms with Crippen molar-refractivity contribution in [2.45, 2.75) is 26.6 Å². The predicted octanol–water partition coefficient (Wildman–Crippen LogP) is 5.75. The summed E-state index contributed by atoms with van der Waals surface area (Å²) in [5.41, 5.74) is 1.25. The van der Waals surface area contributed by atoms with Crippen LogP contribution in [0.25, 0.3) is 0 Å². The zero-order valence-corrected chi connectivity index (χ0v) is 22.0. The normalized spacial score (nSPS) is 11.8. The number of nitrogens with zero attached hydrogens (tertiary/aromatic N) is 1. The number of hydrogen-bond acceptors (Lipinski definition) is 4. The fraction of sp³-hybridized carbons (Fsp3) is 0.269. The minimum absolute atomic E-state index is 0.167. The first-order valence-electron chi connectivity index (χ1n) is 11.2. The fourth-order valence-corrected chi connectivity index (χ4v) is 4.57. The van der Waals surface area contributed by atoms with Gasteiger partial charge in [-0.2, -0.15) is 13.2 Å². The third-order valence-corrected chi connectivity index (χ3v) is 6.97. The summed E-state index contributed by atoms with van der Waals surface area (Å²) < 4.78 is 71.9. The third kappa shape index (κ3) is 7.62. The van der Waals surface area contributed by atoms with Gasteiger partial charge >= 0.3 is 6.18 Å². The topological polar surface area (TPSA) is 75.7 Å². The van der Waals surface area contributed by atoms with Crippen LogP contribution in [0, 0.1) is 13.8 Å². The predicted molar refractivity (Wildman–Crippen MR) is 138 cm³/mol. The molecule has 0 bridgehead atoms. The van der Waals surface area contributed by atoms with Crippen LogP contribution in [0.5, 0.6) is 5.75 Å². The van der Waals surface area contributed by atoms with E-state index in [1.54, 1.807) is 0 Å². The molecular weight excluding hydrogens is 529 g/mol. The van der Waals surface area contributed by atoms with Crippen molar-refractivity contribution < 1.29 is 31.1 Å². The van der Waals surface area contributed by atoms with Gasteiger partial charge in [-0.05, 0) is 73.0 Å². The molecule has 0 saturated carbocycles. The highest BCUT2D eigenvalue weighted by Gasteiger charge is 2.37. The Hall–Kier alpha value is -3.24. The molecule has 37 heavy (non-hydrogen) atoms. The van der Waals surface area contributed by atoms with Crippen molar-refractivity contribution in [3.63, 3.8) is 0 Å². The van der Waals surface area contributed by atoms with Crippen molar-refractivity contribution in [2.75, 3.05) is 23.7 Å². The molecule has 0 spiro atoms. The summed E-state index contributed by atoms with van der Waals surface area (Å²) in [4.78, 5) is 12.4. The lowest BCUT2D eigenvalue weighted by Gasteiger charge is -2.26. The molecule has 0 aliphatic rings. The zero-order chi connectivity index (χ0) is 27.4. The smallest absolute Gasteiger partial charge is 0.418 e. The maximum Gasteiger partial charge on any atom is 0.418 e. The molecule has 0 saturated heterocycles. The first-order valence-corrected chi connectivity index (χ1v) is 13.4. The Balaban J connectivity index is 1.67. The summed E-state index contributed by atoms with van der Waals surface area (Å²) >= 11 is 5.72. The van der Waals surface area contributed by atoms with Gasteiger partial charge in [0.2, 0.25) is 10.0 Å². The molecule has 3 rings (SSSR count). The second-order valence-electron chi connectivity index (χ2n) is 8.48. The number of anilines is 1. The fourth-order valence-electron chi connectivity index (χ4n) is 3.50. The van der Waals surface area contributed by atoms with Crippen molar-refractivity contribution in [3.05, 3.63) is 93.5 Å². The number of aryl methyl sites for hydroxylation is 2. The molecule has 3 aromatic carbocycles. The Morgan fingerprint density at radius 2 is 1.68 bits per heavy atom. The minimum Gasteiger partial charge on any atom is -0.492 e. The van der Waals surface area contributed by atoms with Crippen LogP contribution in [0.3, 0.4) is 0 Å². The number of alkyl halides is 3. The molecule has 0 unspecified atom stereocenters. The van der Waals surface area contributed by atoms with Gasteiger partial charge in [-0.25, -0.2) is 8.42 Å². The number of rotatable bonds is 9. The van der Waals surface area contributed by atoms with E-state index in [0.717, 1.165) is 23.4 Å². The number of amides is 1. The highest BCUT2D eigenvalue weighted by Crippen LogP contribution is 2.39. The summed E-state index contributed by atoms with van der Waals surface area (Å²) in [6.45, 7) is 4.13. The Morgan fingerprint density at radius 1 is 1.00 bits per heavy atom. The van der Waals surface area contributed by atoms with E-state index in [9.17, 15) is 26.4 Å². The van der Waals surface area contributed by atoms with E-state index in [1.807, 2.05) is 32.0 Å². The van der Waals surface area contributed by atoms with Crippen LogP contribution in [-0.4, -0.2) is 33.7 Å². The average Bonchev–Trinajstić information content (AvgIpc) is 2.81. The van der Waals surface area contributed by atoms with E-state index < -0.39 is 27.5 Å². The summed E-state index contributed by atoms with van der Waals surface area (Å²) in [5.74, 6) is 0.332. The molecule has 0 aliphatic heterocycles. The van der Waals surface area contributed by atoms with Crippen LogP contribution < -0.4 is 14.4 Å². The van der Waals surface area contributed by atoms with Crippen LogP contribution in [0.1, 0.15) is 32.6 Å². The molecular formula is C26H26ClF3N2O4S. The van der Waals surface area contributed by atoms with Crippen molar-refractivity contribution >= 4 is 33.2 Å². The number of carbonyl (C=O) groups excluding carboxylic acids is 1. The summed E-state index contributed by atoms with van der Waals surface area (Å²) in [7, 11) is -4.08. The van der Waals surface area contributed by atoms with Crippen LogP contribution in [0.4, 0.5) is 18.9 Å². The Labute approximate surface area is 219 Å². The maximum absolute atomic E-state index is 13.6. The lowest BCUT2D eigenvalue weighted by atomic mass is 10.1. The van der Waals surface area contributed by atoms with Crippen molar-refractivity contribution in [1.82, 2.24) is 5.32 Å². The molecule has 0 atom stereocenters. The van der Waals surface area contributed by atoms with Gasteiger partial charge < -0.3 is 10.1 Å². The third-order valence-electron chi connectivity index (χ3n) is 5.61. The monoisotopic (exact) mass is 554 g/mol. The molecule has 0 heterocycles. The molecule has 1 N–H and O–H groups in total. The highest BCUT2D eigenvalue weighted by molar-refractivity contribution is 7.92. The zero-order valence-electron chi connectivity index (χ0n) is 20.4. The molecule has 0 aliphatic carbocycles. The Kier molecular flexibility index (Phi) is 8.76. The number of ether oxygens (including phenoxy) is 1. The number of carbonyl (C=O) groups is 1. The van der Waals surface area contributed by atoms with Gasteiger partial charge in [0.15, 0.2) is 0 Å². The second-order valence-corrected chi connectivity index (χ2v) is 10.8. The lowest BCUT2D eigenvalue weighted by Crippen LogP contribution is -2.31. The number of hydrogen-bond donors (Lipinski definition) is 1. The Morgan fingerprint density at radius 3 is 2.27 bits per heavy atom. The van der Waals surface area contributed by atoms with E-state index in [1.165, 1.54) is 30.3 Å². The number of benzene rings is 3. The van der Waals surface area contributed by atoms with Gasteiger partial charge in [0.25, 0.3) is 5.91 Å². The van der Waals surface area contributed by atoms with Crippen molar-refractivity contribution in [3.8, 4) is 5.75 Å². The summed E-state index contributed by atoms with van der Waals surface area (Å²) in [5, 5.41) is 2.56. The Bertz CT molecular complexity index is 1380. The molecule has 0 fully saturated rings. The standard InChI is InChI=1S/C26H26ClF3N2O4S/c1-17-4-10-22(14-18(17)2)36-13-12-31-25(33)20-7-5-19(6-8-20)16-32(37(3,34)35)24-11-9-21(27)15-23(24)26(28,29)30/h4-11,14-15H,12-13,16H2,1-3H3,(H,31,33). The van der Waals surface area contributed by atoms with E-state index in [4.69, 9.17) is 16.3 Å². The summed E-state index contributed by atoms with van der Waals surface area (Å²) in [6.07, 6.45) is -3.99. The van der Waals surface area contributed by atoms with E-state index in [-0.39, 0.29) is 30.6 Å². The first kappa shape index (κ1) is 28.3. The summed E-state index contributed by atoms with van der Waals surface area (Å²) in [6, 6.07) is 14.5. The van der Waals surface area contributed by atoms with Crippen LogP contribution in [-0.2, 0) is 22.7 Å². The van der Waals surface area contributed by atoms with Gasteiger partial charge in [-0.1, -0.05) is 29.8 Å². The van der Waals surface area contributed by atoms with Crippen LogP contribution >= 0.6 is 11.6 Å². The van der Waals surface area contributed by atoms with E-state index >= 15 is 0 Å². The molecule has 3 aromatic rings. The quantitative estimate of drug-likeness (QED) is 0.342. The van der Waals surface area contributed by atoms with E-state index in [0.29, 0.717) is 27.2 Å². The molecule has 1 amide bonds. The SMILES string of the molecule is Cc1ccc(OCCNC(=O)c2ccc(CN(c3ccc(Cl)cc3C(F)(F)F)S(C)(=O)=O)cc2)cc1C. The number of halogens is 4. The van der Waals surface area contributed by atoms with Gasteiger partial charge in [0, 0.05) is 10.6 Å². The van der Waals surface area contributed by atoms with Crippen LogP contribution in [0.2, 0.25) is 5.02 Å². The second kappa shape index (κ2) is 11.4. The molecule has 11 heteroatoms. The first-order chi connectivity index (χ1) is 17.3. The van der Waals surface area contributed by atoms with E-state index in [2.05, 4.69) is 5.32 Å². The maximum atomic E-state index is 13.6. The number of nitrogens with one attached hydrogen (secondary N) is 1. The largest absolute Gasteiger partial charge is 0.492 e. The van der Waals surface area contributed by atoms with Gasteiger partial charge in [-0.15, -0.1) is 0 Å². The molecule has 198 valence electrons. The van der Waals surface area contributed by atoms with Gasteiger partial charge in [-0.3, -0.25) is 9.10 Å². The molecule has 0 aromatic heterocycles. The van der Waals surface area contributed by atoms with Gasteiger partial charge in [0.1, 0.15) is 12.4 Å². The van der Waals surface area contributed by atoms with Gasteiger partial charge in [0.05, 0.1) is 30.6 Å². The van der Waals surface area contributed by atoms with Crippen LogP contribution in [0.15, 0.2) is 60.7 Å². The minimum atomic E-state index is -4.81. The highest BCUT2D eigenvalue weighted by atomic mass is 35.5. The lowest BCUT2D eigenvalue weighted by molar-refractivity contribution is -0.137. The van der Waals surface area contributed by atoms with Crippen molar-refractivity contribution in [1.29, 1.82) is 0 Å².